The van der Waals surface area contributed by atoms with Gasteiger partial charge in [0.05, 0.1) is 5.75 Å². The quantitative estimate of drug-likeness (QED) is 0.214. The Labute approximate surface area is 151 Å². The summed E-state index contributed by atoms with van der Waals surface area (Å²) < 4.78 is 25.2. The van der Waals surface area contributed by atoms with Gasteiger partial charge in [0.1, 0.15) is 0 Å². The van der Waals surface area contributed by atoms with Crippen molar-refractivity contribution in [2.45, 2.75) is 39.2 Å². The lowest BCUT2D eigenvalue weighted by Crippen LogP contribution is -2.50. The summed E-state index contributed by atoms with van der Waals surface area (Å²) in [6.07, 6.45) is 6.73. The van der Waals surface area contributed by atoms with E-state index in [0.717, 1.165) is 31.8 Å². The zero-order valence-corrected chi connectivity index (χ0v) is 16.9. The smallest absolute Gasteiger partial charge is 0.213 e. The van der Waals surface area contributed by atoms with Crippen LogP contribution in [0.5, 0.6) is 0 Å². The van der Waals surface area contributed by atoms with Gasteiger partial charge in [-0.1, -0.05) is 12.2 Å². The zero-order valence-electron chi connectivity index (χ0n) is 13.7. The molecule has 0 unspecified atom stereocenters. The third-order valence-electron chi connectivity index (χ3n) is 3.62. The molecule has 0 bridgehead atoms. The molecule has 1 aliphatic rings. The van der Waals surface area contributed by atoms with E-state index in [0.29, 0.717) is 13.1 Å². The van der Waals surface area contributed by atoms with Crippen LogP contribution in [0, 0.1) is 0 Å². The molecule has 0 spiro atoms. The molecule has 0 saturated carbocycles. The molecule has 0 aromatic carbocycles. The molecule has 0 amide bonds. The Morgan fingerprint density at radius 1 is 1.36 bits per heavy atom. The predicted molar refractivity (Wildman–Crippen MR) is 103 cm³/mol. The molecule has 1 aliphatic heterocycles. The first-order valence-corrected chi connectivity index (χ1v) is 9.20. The minimum atomic E-state index is -3.05. The molecule has 1 heterocycles. The number of sulfonamides is 1. The Bertz CT molecular complexity index is 457. The summed E-state index contributed by atoms with van der Waals surface area (Å²) >= 11 is 0. The summed E-state index contributed by atoms with van der Waals surface area (Å²) in [7, 11) is -1.30. The van der Waals surface area contributed by atoms with Crippen LogP contribution in [0.4, 0.5) is 0 Å². The topological polar surface area (TPSA) is 73.8 Å². The molecule has 1 rings (SSSR count). The predicted octanol–water partition coefficient (Wildman–Crippen LogP) is 1.55. The van der Waals surface area contributed by atoms with Crippen LogP contribution < -0.4 is 10.6 Å². The fourth-order valence-electron chi connectivity index (χ4n) is 2.29. The molecule has 22 heavy (non-hydrogen) atoms. The third kappa shape index (κ3) is 7.28. The second-order valence-electron chi connectivity index (χ2n) is 5.07. The van der Waals surface area contributed by atoms with Gasteiger partial charge in [0, 0.05) is 32.7 Å². The molecule has 6 nitrogen and oxygen atoms in total. The van der Waals surface area contributed by atoms with Crippen molar-refractivity contribution in [2.75, 3.05) is 32.4 Å². The number of nitrogens with zero attached hydrogens (tertiary/aromatic N) is 2. The van der Waals surface area contributed by atoms with Crippen molar-refractivity contribution in [3.63, 3.8) is 0 Å². The van der Waals surface area contributed by atoms with E-state index in [4.69, 9.17) is 0 Å². The molecule has 0 radical (unpaired) electrons. The van der Waals surface area contributed by atoms with Crippen molar-refractivity contribution < 1.29 is 8.42 Å². The van der Waals surface area contributed by atoms with Crippen molar-refractivity contribution >= 4 is 40.0 Å². The first-order valence-electron chi connectivity index (χ1n) is 7.59. The number of allylic oxidation sites excluding steroid dienone is 1. The normalized spacial score (nSPS) is 18.2. The number of rotatable bonds is 6. The fourth-order valence-corrected chi connectivity index (χ4v) is 3.42. The van der Waals surface area contributed by atoms with E-state index >= 15 is 0 Å². The van der Waals surface area contributed by atoms with Crippen LogP contribution in [0.2, 0.25) is 0 Å². The van der Waals surface area contributed by atoms with Gasteiger partial charge in [-0.15, -0.1) is 24.0 Å². The maximum absolute atomic E-state index is 11.8. The highest BCUT2D eigenvalue weighted by molar-refractivity contribution is 14.0. The number of halogens is 1. The highest BCUT2D eigenvalue weighted by Crippen LogP contribution is 2.14. The largest absolute Gasteiger partial charge is 0.356 e. The molecule has 1 saturated heterocycles. The van der Waals surface area contributed by atoms with Gasteiger partial charge in [0.25, 0.3) is 0 Å². The van der Waals surface area contributed by atoms with Gasteiger partial charge in [0.15, 0.2) is 5.96 Å². The summed E-state index contributed by atoms with van der Waals surface area (Å²) in [6.45, 7) is 5.71. The number of hydrogen-bond acceptors (Lipinski definition) is 3. The number of piperidine rings is 1. The van der Waals surface area contributed by atoms with E-state index in [1.807, 2.05) is 13.0 Å². The van der Waals surface area contributed by atoms with Gasteiger partial charge in [-0.2, -0.15) is 0 Å². The fraction of sp³-hybridized carbons (Fsp3) is 0.786. The number of nitrogens with one attached hydrogen (secondary N) is 2. The van der Waals surface area contributed by atoms with Crippen LogP contribution in [0.3, 0.4) is 0 Å². The van der Waals surface area contributed by atoms with Crippen LogP contribution in [0.1, 0.15) is 33.1 Å². The SMILES string of the molecule is C/C=C/CCNC(=NC)NC1CCN(S(=O)(=O)CC)CC1.I. The summed E-state index contributed by atoms with van der Waals surface area (Å²) in [5.74, 6) is 0.968. The Morgan fingerprint density at radius 2 is 2.00 bits per heavy atom. The van der Waals surface area contributed by atoms with Gasteiger partial charge in [-0.25, -0.2) is 12.7 Å². The number of aliphatic imine (C=N–C) groups is 1. The molecule has 0 aromatic rings. The van der Waals surface area contributed by atoms with Crippen molar-refractivity contribution in [1.29, 1.82) is 0 Å². The standard InChI is InChI=1S/C14H28N4O2S.HI/c1-4-6-7-10-16-14(15-3)17-13-8-11-18(12-9-13)21(19,20)5-2;/h4,6,13H,5,7-12H2,1-3H3,(H2,15,16,17);1H/b6-4+;. The molecular weight excluding hydrogens is 415 g/mol. The minimum absolute atomic E-state index is 0. The number of hydrogen-bond donors (Lipinski definition) is 2. The summed E-state index contributed by atoms with van der Waals surface area (Å²) in [4.78, 5) is 4.20. The average molecular weight is 444 g/mol. The lowest BCUT2D eigenvalue weighted by atomic mass is 10.1. The Morgan fingerprint density at radius 3 is 2.50 bits per heavy atom. The van der Waals surface area contributed by atoms with E-state index in [9.17, 15) is 8.42 Å². The second kappa shape index (κ2) is 11.2. The highest BCUT2D eigenvalue weighted by atomic mass is 127. The van der Waals surface area contributed by atoms with E-state index < -0.39 is 10.0 Å². The highest BCUT2D eigenvalue weighted by Gasteiger charge is 2.26. The van der Waals surface area contributed by atoms with Gasteiger partial charge in [-0.3, -0.25) is 4.99 Å². The molecular formula is C14H29IN4O2S. The van der Waals surface area contributed by atoms with Crippen molar-refractivity contribution in [1.82, 2.24) is 14.9 Å². The second-order valence-corrected chi connectivity index (χ2v) is 7.33. The van der Waals surface area contributed by atoms with Crippen molar-refractivity contribution in [2.24, 2.45) is 4.99 Å². The van der Waals surface area contributed by atoms with Crippen LogP contribution >= 0.6 is 24.0 Å². The molecule has 130 valence electrons. The first kappa shape index (κ1) is 21.6. The van der Waals surface area contributed by atoms with Crippen LogP contribution in [0.15, 0.2) is 17.1 Å². The Kier molecular flexibility index (Phi) is 11.0. The molecule has 8 heteroatoms. The molecule has 0 atom stereocenters. The van der Waals surface area contributed by atoms with Gasteiger partial charge in [0.2, 0.25) is 10.0 Å². The first-order chi connectivity index (χ1) is 10.0. The van der Waals surface area contributed by atoms with E-state index in [1.54, 1.807) is 18.3 Å². The van der Waals surface area contributed by atoms with Crippen LogP contribution in [-0.4, -0.2) is 57.2 Å². The molecule has 2 N–H and O–H groups in total. The molecule has 0 aliphatic carbocycles. The maximum atomic E-state index is 11.8. The van der Waals surface area contributed by atoms with Gasteiger partial charge >= 0.3 is 0 Å². The van der Waals surface area contributed by atoms with Crippen LogP contribution in [0.25, 0.3) is 0 Å². The van der Waals surface area contributed by atoms with E-state index in [1.165, 1.54) is 0 Å². The zero-order chi connectivity index (χ0) is 15.7. The Hall–Kier alpha value is -0.350. The molecule has 0 aromatic heterocycles. The van der Waals surface area contributed by atoms with E-state index in [-0.39, 0.29) is 35.8 Å². The lowest BCUT2D eigenvalue weighted by Gasteiger charge is -2.32. The van der Waals surface area contributed by atoms with Crippen molar-refractivity contribution in [3.05, 3.63) is 12.2 Å². The summed E-state index contributed by atoms with van der Waals surface area (Å²) in [5.41, 5.74) is 0. The maximum Gasteiger partial charge on any atom is 0.213 e. The van der Waals surface area contributed by atoms with Crippen molar-refractivity contribution in [3.8, 4) is 0 Å². The van der Waals surface area contributed by atoms with Gasteiger partial charge in [-0.05, 0) is 33.1 Å². The Balaban J connectivity index is 0.00000441. The molecule has 1 fully saturated rings. The lowest BCUT2D eigenvalue weighted by molar-refractivity contribution is 0.306. The van der Waals surface area contributed by atoms with Gasteiger partial charge < -0.3 is 10.6 Å². The third-order valence-corrected chi connectivity index (χ3v) is 5.50. The number of guanidine groups is 1. The summed E-state index contributed by atoms with van der Waals surface area (Å²) in [6, 6.07) is 0.279. The average Bonchev–Trinajstić information content (AvgIpc) is 2.50. The van der Waals surface area contributed by atoms with Crippen LogP contribution in [-0.2, 0) is 10.0 Å². The summed E-state index contributed by atoms with van der Waals surface area (Å²) in [5, 5.41) is 6.63. The van der Waals surface area contributed by atoms with E-state index in [2.05, 4.69) is 21.7 Å². The minimum Gasteiger partial charge on any atom is -0.356 e. The monoisotopic (exact) mass is 444 g/mol.